The highest BCUT2D eigenvalue weighted by molar-refractivity contribution is 9.11. The zero-order valence-electron chi connectivity index (χ0n) is 9.67. The van der Waals surface area contributed by atoms with Crippen LogP contribution in [0.25, 0.3) is 0 Å². The van der Waals surface area contributed by atoms with Gasteiger partial charge >= 0.3 is 0 Å². The van der Waals surface area contributed by atoms with Gasteiger partial charge in [-0.05, 0) is 68.6 Å². The molecular formula is C14H10Br2N2. The van der Waals surface area contributed by atoms with Crippen LogP contribution in [0.1, 0.15) is 11.1 Å². The minimum absolute atomic E-state index is 0.603. The summed E-state index contributed by atoms with van der Waals surface area (Å²) < 4.78 is 1.76. The molecule has 18 heavy (non-hydrogen) atoms. The molecular weight excluding hydrogens is 356 g/mol. The van der Waals surface area contributed by atoms with Crippen LogP contribution in [0.2, 0.25) is 0 Å². The van der Waals surface area contributed by atoms with Gasteiger partial charge in [0.25, 0.3) is 0 Å². The first-order valence-electron chi connectivity index (χ1n) is 5.33. The van der Waals surface area contributed by atoms with Crippen molar-refractivity contribution in [3.05, 3.63) is 56.5 Å². The number of aryl methyl sites for hydroxylation is 1. The predicted octanol–water partition coefficient (Wildman–Crippen LogP) is 5.14. The summed E-state index contributed by atoms with van der Waals surface area (Å²) in [6, 6.07) is 13.9. The molecule has 0 fully saturated rings. The lowest BCUT2D eigenvalue weighted by atomic mass is 10.1. The van der Waals surface area contributed by atoms with Gasteiger partial charge in [-0.2, -0.15) is 5.26 Å². The summed E-state index contributed by atoms with van der Waals surface area (Å²) in [6.45, 7) is 2.03. The number of nitriles is 1. The molecule has 2 nitrogen and oxygen atoms in total. The summed E-state index contributed by atoms with van der Waals surface area (Å²) in [5.41, 5.74) is 3.50. The number of nitrogens with one attached hydrogen (secondary N) is 1. The van der Waals surface area contributed by atoms with E-state index >= 15 is 0 Å². The standard InChI is InChI=1S/C14H10Br2N2/c1-9-5-6-12(16)14(7-9)18-13-4-2-3-11(15)10(13)8-17/h2-7,18H,1H3. The monoisotopic (exact) mass is 364 g/mol. The maximum Gasteiger partial charge on any atom is 0.103 e. The van der Waals surface area contributed by atoms with Crippen LogP contribution in [0.15, 0.2) is 45.3 Å². The number of benzene rings is 2. The van der Waals surface area contributed by atoms with Crippen LogP contribution in [-0.4, -0.2) is 0 Å². The second kappa shape index (κ2) is 5.55. The second-order valence-corrected chi connectivity index (χ2v) is 5.59. The third-order valence-electron chi connectivity index (χ3n) is 2.52. The summed E-state index contributed by atoms with van der Waals surface area (Å²) in [5, 5.41) is 12.4. The van der Waals surface area contributed by atoms with E-state index in [1.807, 2.05) is 43.3 Å². The van der Waals surface area contributed by atoms with Gasteiger partial charge in [-0.1, -0.05) is 12.1 Å². The highest BCUT2D eigenvalue weighted by atomic mass is 79.9. The van der Waals surface area contributed by atoms with E-state index in [1.54, 1.807) is 0 Å². The number of nitrogens with zero attached hydrogens (tertiary/aromatic N) is 1. The first kappa shape index (κ1) is 13.1. The smallest absolute Gasteiger partial charge is 0.103 e. The molecule has 0 radical (unpaired) electrons. The van der Waals surface area contributed by atoms with Crippen molar-refractivity contribution in [2.24, 2.45) is 0 Å². The Balaban J connectivity index is 2.44. The van der Waals surface area contributed by atoms with E-state index in [-0.39, 0.29) is 0 Å². The molecule has 0 saturated carbocycles. The fourth-order valence-corrected chi connectivity index (χ4v) is 2.42. The molecule has 0 spiro atoms. The van der Waals surface area contributed by atoms with Crippen molar-refractivity contribution in [1.29, 1.82) is 5.26 Å². The van der Waals surface area contributed by atoms with Gasteiger partial charge in [-0.25, -0.2) is 0 Å². The Hall–Kier alpha value is -1.31. The molecule has 2 rings (SSSR count). The number of halogens is 2. The molecule has 0 unspecified atom stereocenters. The van der Waals surface area contributed by atoms with Crippen LogP contribution in [0, 0.1) is 18.3 Å². The molecule has 0 bridgehead atoms. The molecule has 0 aliphatic rings. The lowest BCUT2D eigenvalue weighted by Gasteiger charge is -2.11. The van der Waals surface area contributed by atoms with Crippen molar-refractivity contribution in [1.82, 2.24) is 0 Å². The minimum atomic E-state index is 0.603. The maximum absolute atomic E-state index is 9.17. The van der Waals surface area contributed by atoms with Crippen molar-refractivity contribution < 1.29 is 0 Å². The molecule has 0 amide bonds. The second-order valence-electron chi connectivity index (χ2n) is 3.88. The summed E-state index contributed by atoms with van der Waals surface area (Å²) in [6.07, 6.45) is 0. The van der Waals surface area contributed by atoms with E-state index in [0.29, 0.717) is 5.56 Å². The van der Waals surface area contributed by atoms with Gasteiger partial charge in [0.15, 0.2) is 0 Å². The van der Waals surface area contributed by atoms with Crippen molar-refractivity contribution in [3.8, 4) is 6.07 Å². The molecule has 0 saturated heterocycles. The lowest BCUT2D eigenvalue weighted by Crippen LogP contribution is -1.95. The van der Waals surface area contributed by atoms with E-state index in [1.165, 1.54) is 0 Å². The molecule has 1 N–H and O–H groups in total. The minimum Gasteiger partial charge on any atom is -0.353 e. The third kappa shape index (κ3) is 2.74. The molecule has 4 heteroatoms. The number of hydrogen-bond donors (Lipinski definition) is 1. The molecule has 2 aromatic rings. The normalized spacial score (nSPS) is 9.89. The zero-order valence-corrected chi connectivity index (χ0v) is 12.8. The Morgan fingerprint density at radius 1 is 1.06 bits per heavy atom. The first-order valence-corrected chi connectivity index (χ1v) is 6.92. The van der Waals surface area contributed by atoms with E-state index in [4.69, 9.17) is 5.26 Å². The molecule has 0 aromatic heterocycles. The average molecular weight is 366 g/mol. The largest absolute Gasteiger partial charge is 0.353 e. The quantitative estimate of drug-likeness (QED) is 0.800. The third-order valence-corrected chi connectivity index (χ3v) is 3.87. The highest BCUT2D eigenvalue weighted by Crippen LogP contribution is 2.30. The Morgan fingerprint density at radius 2 is 1.83 bits per heavy atom. The molecule has 2 aromatic carbocycles. The summed E-state index contributed by atoms with van der Waals surface area (Å²) in [4.78, 5) is 0. The fourth-order valence-electron chi connectivity index (χ4n) is 1.62. The van der Waals surface area contributed by atoms with Gasteiger partial charge in [0.2, 0.25) is 0 Å². The Morgan fingerprint density at radius 3 is 2.56 bits per heavy atom. The Kier molecular flexibility index (Phi) is 4.05. The maximum atomic E-state index is 9.17. The van der Waals surface area contributed by atoms with Gasteiger partial charge in [-0.3, -0.25) is 0 Å². The van der Waals surface area contributed by atoms with Crippen molar-refractivity contribution >= 4 is 43.2 Å². The van der Waals surface area contributed by atoms with E-state index in [9.17, 15) is 0 Å². The van der Waals surface area contributed by atoms with Crippen LogP contribution in [0.5, 0.6) is 0 Å². The SMILES string of the molecule is Cc1ccc(Br)c(Nc2cccc(Br)c2C#N)c1. The Bertz CT molecular complexity index is 630. The highest BCUT2D eigenvalue weighted by Gasteiger charge is 2.07. The van der Waals surface area contributed by atoms with Crippen molar-refractivity contribution in [3.63, 3.8) is 0 Å². The van der Waals surface area contributed by atoms with Crippen LogP contribution in [0.3, 0.4) is 0 Å². The number of rotatable bonds is 2. The van der Waals surface area contributed by atoms with Crippen LogP contribution in [-0.2, 0) is 0 Å². The van der Waals surface area contributed by atoms with Gasteiger partial charge in [0.1, 0.15) is 6.07 Å². The molecule has 0 aliphatic carbocycles. The van der Waals surface area contributed by atoms with E-state index in [0.717, 1.165) is 25.9 Å². The topological polar surface area (TPSA) is 35.8 Å². The van der Waals surface area contributed by atoms with Crippen LogP contribution in [0.4, 0.5) is 11.4 Å². The van der Waals surface area contributed by atoms with E-state index < -0.39 is 0 Å². The summed E-state index contributed by atoms with van der Waals surface area (Å²) in [7, 11) is 0. The molecule has 0 heterocycles. The zero-order chi connectivity index (χ0) is 13.1. The summed E-state index contributed by atoms with van der Waals surface area (Å²) >= 11 is 6.88. The van der Waals surface area contributed by atoms with Gasteiger partial charge in [0, 0.05) is 8.95 Å². The van der Waals surface area contributed by atoms with Gasteiger partial charge in [0.05, 0.1) is 16.9 Å². The predicted molar refractivity (Wildman–Crippen MR) is 81.0 cm³/mol. The van der Waals surface area contributed by atoms with Crippen LogP contribution >= 0.6 is 31.9 Å². The lowest BCUT2D eigenvalue weighted by molar-refractivity contribution is 1.41. The molecule has 0 aliphatic heterocycles. The molecule has 0 atom stereocenters. The van der Waals surface area contributed by atoms with Crippen LogP contribution < -0.4 is 5.32 Å². The van der Waals surface area contributed by atoms with Crippen molar-refractivity contribution in [2.75, 3.05) is 5.32 Å². The number of anilines is 2. The van der Waals surface area contributed by atoms with E-state index in [2.05, 4.69) is 43.2 Å². The summed E-state index contributed by atoms with van der Waals surface area (Å²) in [5.74, 6) is 0. The Labute approximate surface area is 123 Å². The number of hydrogen-bond acceptors (Lipinski definition) is 2. The first-order chi connectivity index (χ1) is 8.61. The molecule has 90 valence electrons. The van der Waals surface area contributed by atoms with Gasteiger partial charge < -0.3 is 5.32 Å². The average Bonchev–Trinajstić information content (AvgIpc) is 2.34. The van der Waals surface area contributed by atoms with Crippen molar-refractivity contribution in [2.45, 2.75) is 6.92 Å². The fraction of sp³-hybridized carbons (Fsp3) is 0.0714. The van der Waals surface area contributed by atoms with Gasteiger partial charge in [-0.15, -0.1) is 0 Å².